The molecular weight excluding hydrogens is 719 g/mol. The number of halogens is 2. The lowest BCUT2D eigenvalue weighted by Gasteiger charge is -2.37. The van der Waals surface area contributed by atoms with E-state index in [1.807, 2.05) is 18.2 Å². The topological polar surface area (TPSA) is 61.9 Å². The van der Waals surface area contributed by atoms with Gasteiger partial charge in [0, 0.05) is 30.7 Å². The average Bonchev–Trinajstić information content (AvgIpc) is 3.19. The van der Waals surface area contributed by atoms with Gasteiger partial charge in [-0.25, -0.2) is 4.39 Å². The van der Waals surface area contributed by atoms with Crippen LogP contribution >= 0.6 is 11.6 Å². The number of hydrogen-bond acceptors (Lipinski definition) is 8. The first-order valence-corrected chi connectivity index (χ1v) is 19.1. The summed E-state index contributed by atoms with van der Waals surface area (Å²) in [6.07, 6.45) is 4.14. The highest BCUT2D eigenvalue weighted by Gasteiger charge is 2.35. The summed E-state index contributed by atoms with van der Waals surface area (Å²) in [6.45, 7) is 1.88. The molecule has 0 spiro atoms. The van der Waals surface area contributed by atoms with E-state index in [1.165, 1.54) is 22.8 Å². The van der Waals surface area contributed by atoms with Gasteiger partial charge in [-0.05, 0) is 134 Å². The van der Waals surface area contributed by atoms with Crippen molar-refractivity contribution in [2.24, 2.45) is 0 Å². The van der Waals surface area contributed by atoms with Crippen molar-refractivity contribution in [3.63, 3.8) is 0 Å². The van der Waals surface area contributed by atoms with Crippen LogP contribution in [0.25, 0.3) is 0 Å². The SMILES string of the molecule is COc1ccc2cc1Oc1ccc(cc1)CC[C@H]1c3cc(c(OC)cc3CCN1C)Oc1c(OCc3ccc(F)c(Cl)c3)c(OC)cc3c1[C@H](C2)N(C)CC3. The fourth-order valence-electron chi connectivity index (χ4n) is 8.22. The Hall–Kier alpha value is -4.96. The molecule has 2 atom stereocenters. The molecular formula is C45H46ClFN2O6. The molecule has 0 fully saturated rings. The number of benzene rings is 5. The third-order valence-electron chi connectivity index (χ3n) is 11.3. The Kier molecular flexibility index (Phi) is 10.5. The summed E-state index contributed by atoms with van der Waals surface area (Å²) < 4.78 is 52.3. The van der Waals surface area contributed by atoms with Crippen LogP contribution in [0.3, 0.4) is 0 Å². The van der Waals surface area contributed by atoms with Gasteiger partial charge < -0.3 is 28.4 Å². The van der Waals surface area contributed by atoms with Crippen molar-refractivity contribution < 1.29 is 32.8 Å². The van der Waals surface area contributed by atoms with Crippen LogP contribution in [-0.2, 0) is 32.3 Å². The highest BCUT2D eigenvalue weighted by atomic mass is 35.5. The largest absolute Gasteiger partial charge is 0.493 e. The van der Waals surface area contributed by atoms with E-state index in [2.05, 4.69) is 66.4 Å². The number of ether oxygens (including phenoxy) is 6. The van der Waals surface area contributed by atoms with Crippen LogP contribution < -0.4 is 28.4 Å². The molecule has 5 aromatic carbocycles. The molecule has 5 aromatic rings. The van der Waals surface area contributed by atoms with Gasteiger partial charge in [-0.3, -0.25) is 9.80 Å². The molecule has 4 aliphatic heterocycles. The Morgan fingerprint density at radius 1 is 0.709 bits per heavy atom. The predicted octanol–water partition coefficient (Wildman–Crippen LogP) is 9.92. The van der Waals surface area contributed by atoms with E-state index in [0.29, 0.717) is 52.2 Å². The van der Waals surface area contributed by atoms with E-state index >= 15 is 0 Å². The number of rotatable bonds is 6. The molecule has 8 nitrogen and oxygen atoms in total. The lowest BCUT2D eigenvalue weighted by molar-refractivity contribution is 0.215. The van der Waals surface area contributed by atoms with Crippen LogP contribution in [-0.4, -0.2) is 58.3 Å². The van der Waals surface area contributed by atoms with E-state index in [1.54, 1.807) is 33.5 Å². The molecule has 9 rings (SSSR count). The standard InChI is InChI=1S/C45H46ClFN2O6/c1-48-18-16-30-23-39(51-4)41-25-33(30)36(48)14-9-27-6-11-32(12-7-27)54-40-22-28(10-15-38(40)50-3)21-37-43-31(17-19-49(37)2)24-42(52-5)44(45(43)55-41)53-26-29-8-13-35(47)34(46)20-29/h6-8,10-13,15,20,22-25,36-37H,9,14,16-19,21,26H2,1-5H3/t36-,37-/m0/s1. The van der Waals surface area contributed by atoms with Crippen molar-refractivity contribution >= 4 is 11.6 Å². The van der Waals surface area contributed by atoms with Crippen molar-refractivity contribution in [3.8, 4) is 46.0 Å². The van der Waals surface area contributed by atoms with E-state index in [9.17, 15) is 4.39 Å². The van der Waals surface area contributed by atoms with Crippen molar-refractivity contribution in [1.29, 1.82) is 0 Å². The van der Waals surface area contributed by atoms with E-state index in [4.69, 9.17) is 40.0 Å². The molecule has 0 saturated heterocycles. The predicted molar refractivity (Wildman–Crippen MR) is 211 cm³/mol. The minimum atomic E-state index is -0.485. The smallest absolute Gasteiger partial charge is 0.204 e. The molecule has 0 saturated carbocycles. The Labute approximate surface area is 327 Å². The number of fused-ring (bicyclic) bond motifs is 3. The molecule has 10 heteroatoms. The summed E-state index contributed by atoms with van der Waals surface area (Å²) in [5, 5.41) is 0.0320. The molecule has 0 radical (unpaired) electrons. The Morgan fingerprint density at radius 3 is 2.15 bits per heavy atom. The third-order valence-corrected chi connectivity index (χ3v) is 11.6. The quantitative estimate of drug-likeness (QED) is 0.169. The van der Waals surface area contributed by atoms with E-state index in [0.717, 1.165) is 61.2 Å². The second kappa shape index (κ2) is 15.6. The Morgan fingerprint density at radius 2 is 1.40 bits per heavy atom. The monoisotopic (exact) mass is 764 g/mol. The van der Waals surface area contributed by atoms with E-state index < -0.39 is 5.82 Å². The molecule has 0 unspecified atom stereocenters. The average molecular weight is 765 g/mol. The molecule has 0 aliphatic carbocycles. The fraction of sp³-hybridized carbons (Fsp3) is 0.333. The van der Waals surface area contributed by atoms with Crippen molar-refractivity contribution in [3.05, 3.63) is 129 Å². The van der Waals surface area contributed by atoms with Gasteiger partial charge >= 0.3 is 0 Å². The van der Waals surface area contributed by atoms with Crippen LogP contribution in [0.15, 0.2) is 78.9 Å². The number of methoxy groups -OCH3 is 3. The normalized spacial score (nSPS) is 18.2. The van der Waals surface area contributed by atoms with Crippen molar-refractivity contribution in [1.82, 2.24) is 9.80 Å². The fourth-order valence-corrected chi connectivity index (χ4v) is 8.43. The zero-order valence-electron chi connectivity index (χ0n) is 31.9. The van der Waals surface area contributed by atoms with Crippen LogP contribution in [0.2, 0.25) is 5.02 Å². The minimum Gasteiger partial charge on any atom is -0.493 e. The summed E-state index contributed by atoms with van der Waals surface area (Å²) in [5.41, 5.74) is 7.60. The summed E-state index contributed by atoms with van der Waals surface area (Å²) in [7, 11) is 9.31. The molecule has 4 aliphatic rings. The molecule has 4 heterocycles. The Balaban J connectivity index is 1.33. The van der Waals surface area contributed by atoms with Crippen LogP contribution in [0.1, 0.15) is 57.4 Å². The van der Waals surface area contributed by atoms with Gasteiger partial charge in [0.15, 0.2) is 34.5 Å². The number of likely N-dealkylation sites (N-methyl/N-ethyl adjacent to an activating group) is 2. The molecule has 55 heavy (non-hydrogen) atoms. The van der Waals surface area contributed by atoms with Crippen molar-refractivity contribution in [2.45, 2.75) is 50.8 Å². The lowest BCUT2D eigenvalue weighted by Crippen LogP contribution is -2.34. The van der Waals surface area contributed by atoms with Gasteiger partial charge in [0.2, 0.25) is 5.75 Å². The van der Waals surface area contributed by atoms with Crippen LogP contribution in [0, 0.1) is 5.82 Å². The number of hydrogen-bond donors (Lipinski definition) is 0. The number of aryl methyl sites for hydroxylation is 1. The van der Waals surface area contributed by atoms with Crippen LogP contribution in [0.4, 0.5) is 4.39 Å². The van der Waals surface area contributed by atoms with Gasteiger partial charge in [0.1, 0.15) is 18.2 Å². The third kappa shape index (κ3) is 7.41. The summed E-state index contributed by atoms with van der Waals surface area (Å²) in [4.78, 5) is 4.78. The first kappa shape index (κ1) is 37.0. The highest BCUT2D eigenvalue weighted by Crippen LogP contribution is 2.52. The molecule has 286 valence electrons. The molecule has 0 amide bonds. The molecule has 0 N–H and O–H groups in total. The minimum absolute atomic E-state index is 0.0320. The summed E-state index contributed by atoms with van der Waals surface area (Å²) in [6, 6.07) is 25.5. The van der Waals surface area contributed by atoms with Gasteiger partial charge in [-0.15, -0.1) is 0 Å². The zero-order chi connectivity index (χ0) is 38.2. The highest BCUT2D eigenvalue weighted by molar-refractivity contribution is 6.30. The Bertz CT molecular complexity index is 2210. The van der Waals surface area contributed by atoms with Gasteiger partial charge in [-0.1, -0.05) is 35.9 Å². The summed E-state index contributed by atoms with van der Waals surface area (Å²) >= 11 is 6.19. The second-order valence-corrected chi connectivity index (χ2v) is 15.0. The van der Waals surface area contributed by atoms with Crippen LogP contribution in [0.5, 0.6) is 46.0 Å². The van der Waals surface area contributed by atoms with E-state index in [-0.39, 0.29) is 23.7 Å². The zero-order valence-corrected chi connectivity index (χ0v) is 32.7. The maximum atomic E-state index is 14.1. The van der Waals surface area contributed by atoms with Crippen molar-refractivity contribution in [2.75, 3.05) is 48.5 Å². The first-order chi connectivity index (χ1) is 26.7. The van der Waals surface area contributed by atoms with Gasteiger partial charge in [0.05, 0.1) is 26.4 Å². The second-order valence-electron chi connectivity index (χ2n) is 14.6. The number of nitrogens with zero attached hydrogens (tertiary/aromatic N) is 2. The van der Waals surface area contributed by atoms with Gasteiger partial charge in [0.25, 0.3) is 0 Å². The lowest BCUT2D eigenvalue weighted by atomic mass is 9.87. The molecule has 6 bridgehead atoms. The molecule has 0 aromatic heterocycles. The maximum Gasteiger partial charge on any atom is 0.204 e. The summed E-state index contributed by atoms with van der Waals surface area (Å²) in [5.74, 6) is 4.36. The van der Waals surface area contributed by atoms with Gasteiger partial charge in [-0.2, -0.15) is 0 Å². The first-order valence-electron chi connectivity index (χ1n) is 18.8. The maximum absolute atomic E-state index is 14.1.